The van der Waals surface area contributed by atoms with E-state index in [-0.39, 0.29) is 18.9 Å². The number of amides is 1. The van der Waals surface area contributed by atoms with Gasteiger partial charge in [0.25, 0.3) is 0 Å². The monoisotopic (exact) mass is 330 g/mol. The molecule has 1 aromatic rings. The number of nitrogens with one attached hydrogen (secondary N) is 1. The van der Waals surface area contributed by atoms with Gasteiger partial charge in [-0.1, -0.05) is 0 Å². The molecule has 1 fully saturated rings. The van der Waals surface area contributed by atoms with E-state index in [0.717, 1.165) is 5.57 Å². The van der Waals surface area contributed by atoms with E-state index in [2.05, 4.69) is 5.32 Å². The standard InChI is InChI=1S/C15H17F3N2O3/c1-9(6-20-10(2)7-22-15(20)21)5-19-8-23-14-12(17)3-11(16)4-13(14)18/h3-5,10,19H,6-8H2,1-2H3/b9-5+/t10-/m0/s1. The fourth-order valence-electron chi connectivity index (χ4n) is 2.08. The van der Waals surface area contributed by atoms with E-state index in [4.69, 9.17) is 9.47 Å². The van der Waals surface area contributed by atoms with Crippen LogP contribution in [0.5, 0.6) is 5.75 Å². The van der Waals surface area contributed by atoms with Crippen molar-refractivity contribution >= 4 is 6.09 Å². The first-order chi connectivity index (χ1) is 10.9. The molecule has 0 unspecified atom stereocenters. The zero-order valence-electron chi connectivity index (χ0n) is 12.7. The van der Waals surface area contributed by atoms with Crippen molar-refractivity contribution in [2.45, 2.75) is 19.9 Å². The topological polar surface area (TPSA) is 50.8 Å². The maximum absolute atomic E-state index is 13.3. The van der Waals surface area contributed by atoms with Crippen LogP contribution in [-0.4, -0.2) is 36.9 Å². The summed E-state index contributed by atoms with van der Waals surface area (Å²) in [6, 6.07) is 1.07. The average Bonchev–Trinajstić information content (AvgIpc) is 2.77. The van der Waals surface area contributed by atoms with Crippen molar-refractivity contribution < 1.29 is 27.4 Å². The SMILES string of the molecule is C/C(=C\NCOc1c(F)cc(F)cc1F)CN1C(=O)OC[C@@H]1C. The van der Waals surface area contributed by atoms with E-state index in [1.54, 1.807) is 18.0 Å². The summed E-state index contributed by atoms with van der Waals surface area (Å²) < 4.78 is 49.3. The molecule has 126 valence electrons. The van der Waals surface area contributed by atoms with Crippen molar-refractivity contribution in [1.29, 1.82) is 0 Å². The normalized spacial score (nSPS) is 18.1. The molecule has 23 heavy (non-hydrogen) atoms. The molecule has 0 aromatic heterocycles. The van der Waals surface area contributed by atoms with Crippen molar-refractivity contribution in [2.75, 3.05) is 19.9 Å². The molecule has 1 aliphatic heterocycles. The highest BCUT2D eigenvalue weighted by Gasteiger charge is 2.29. The Labute approximate surface area is 131 Å². The Morgan fingerprint density at radius 2 is 2.09 bits per heavy atom. The van der Waals surface area contributed by atoms with Gasteiger partial charge in [0, 0.05) is 18.7 Å². The minimum Gasteiger partial charge on any atom is -0.467 e. The Morgan fingerprint density at radius 1 is 1.43 bits per heavy atom. The minimum atomic E-state index is -1.11. The number of nitrogens with zero attached hydrogens (tertiary/aromatic N) is 1. The van der Waals surface area contributed by atoms with Crippen LogP contribution in [-0.2, 0) is 4.74 Å². The molecule has 0 radical (unpaired) electrons. The molecular formula is C15H17F3N2O3. The first kappa shape index (κ1) is 17.0. The molecule has 8 heteroatoms. The van der Waals surface area contributed by atoms with Crippen molar-refractivity contribution in [3.8, 4) is 5.75 Å². The predicted octanol–water partition coefficient (Wildman–Crippen LogP) is 2.77. The van der Waals surface area contributed by atoms with E-state index >= 15 is 0 Å². The van der Waals surface area contributed by atoms with Crippen molar-refractivity contribution in [1.82, 2.24) is 10.2 Å². The second-order valence-electron chi connectivity index (χ2n) is 5.24. The van der Waals surface area contributed by atoms with E-state index in [9.17, 15) is 18.0 Å². The Morgan fingerprint density at radius 3 is 2.65 bits per heavy atom. The van der Waals surface area contributed by atoms with Gasteiger partial charge >= 0.3 is 6.09 Å². The second kappa shape index (κ2) is 7.26. The molecule has 2 rings (SSSR count). The number of cyclic esters (lactones) is 1. The number of benzene rings is 1. The molecule has 5 nitrogen and oxygen atoms in total. The first-order valence-corrected chi connectivity index (χ1v) is 6.98. The molecule has 0 bridgehead atoms. The van der Waals surface area contributed by atoms with Gasteiger partial charge in [0.1, 0.15) is 12.4 Å². The molecular weight excluding hydrogens is 313 g/mol. The summed E-state index contributed by atoms with van der Waals surface area (Å²) in [6.45, 7) is 4.16. The number of carbonyl (C=O) groups excluding carboxylic acids is 1. The van der Waals surface area contributed by atoms with Gasteiger partial charge in [-0.2, -0.15) is 0 Å². The van der Waals surface area contributed by atoms with E-state index in [1.165, 1.54) is 0 Å². The molecule has 0 spiro atoms. The molecule has 0 aliphatic carbocycles. The first-order valence-electron chi connectivity index (χ1n) is 6.98. The summed E-state index contributed by atoms with van der Waals surface area (Å²) in [5.41, 5.74) is 0.805. The second-order valence-corrected chi connectivity index (χ2v) is 5.24. The van der Waals surface area contributed by atoms with Crippen LogP contribution < -0.4 is 10.1 Å². The Hall–Kier alpha value is -2.38. The van der Waals surface area contributed by atoms with Crippen LogP contribution in [0.2, 0.25) is 0 Å². The van der Waals surface area contributed by atoms with Crippen molar-refractivity contribution in [2.24, 2.45) is 0 Å². The zero-order chi connectivity index (χ0) is 17.0. The fraction of sp³-hybridized carbons (Fsp3) is 0.400. The van der Waals surface area contributed by atoms with E-state index in [0.29, 0.717) is 25.3 Å². The Bertz CT molecular complexity index is 599. The highest BCUT2D eigenvalue weighted by atomic mass is 19.1. The zero-order valence-corrected chi connectivity index (χ0v) is 12.7. The third-order valence-electron chi connectivity index (χ3n) is 3.25. The van der Waals surface area contributed by atoms with Gasteiger partial charge in [-0.3, -0.25) is 4.90 Å². The lowest BCUT2D eigenvalue weighted by molar-refractivity contribution is 0.160. The lowest BCUT2D eigenvalue weighted by atomic mass is 10.2. The molecule has 1 aromatic carbocycles. The smallest absolute Gasteiger partial charge is 0.410 e. The summed E-state index contributed by atoms with van der Waals surface area (Å²) in [5, 5.41) is 2.72. The lowest BCUT2D eigenvalue weighted by Gasteiger charge is -2.18. The van der Waals surface area contributed by atoms with Crippen LogP contribution in [0.25, 0.3) is 0 Å². The van der Waals surface area contributed by atoms with Crippen LogP contribution in [0.15, 0.2) is 23.9 Å². The van der Waals surface area contributed by atoms with Gasteiger partial charge in [-0.05, 0) is 25.6 Å². The molecule has 0 saturated carbocycles. The lowest BCUT2D eigenvalue weighted by Crippen LogP contribution is -2.33. The molecule has 1 atom stereocenters. The number of hydrogen-bond acceptors (Lipinski definition) is 4. The maximum atomic E-state index is 13.3. The van der Waals surface area contributed by atoms with Gasteiger partial charge in [-0.25, -0.2) is 18.0 Å². The maximum Gasteiger partial charge on any atom is 0.410 e. The van der Waals surface area contributed by atoms with Crippen LogP contribution in [0, 0.1) is 17.5 Å². The summed E-state index contributed by atoms with van der Waals surface area (Å²) in [7, 11) is 0. The number of rotatable bonds is 6. The minimum absolute atomic E-state index is 0.00972. The van der Waals surface area contributed by atoms with E-state index < -0.39 is 23.2 Å². The largest absolute Gasteiger partial charge is 0.467 e. The molecule has 1 amide bonds. The van der Waals surface area contributed by atoms with Gasteiger partial charge in [-0.15, -0.1) is 0 Å². The summed E-state index contributed by atoms with van der Waals surface area (Å²) in [5.74, 6) is -3.89. The summed E-state index contributed by atoms with van der Waals surface area (Å²) in [4.78, 5) is 13.0. The number of carbonyl (C=O) groups is 1. The predicted molar refractivity (Wildman–Crippen MR) is 76.2 cm³/mol. The van der Waals surface area contributed by atoms with Gasteiger partial charge in [0.15, 0.2) is 24.1 Å². The summed E-state index contributed by atoms with van der Waals surface area (Å²) in [6.07, 6.45) is 1.19. The number of hydrogen-bond donors (Lipinski definition) is 1. The third kappa shape index (κ3) is 4.30. The van der Waals surface area contributed by atoms with Gasteiger partial charge in [0.2, 0.25) is 0 Å². The third-order valence-corrected chi connectivity index (χ3v) is 3.25. The van der Waals surface area contributed by atoms with Crippen LogP contribution in [0.3, 0.4) is 0 Å². The van der Waals surface area contributed by atoms with Crippen molar-refractivity contribution in [3.63, 3.8) is 0 Å². The Balaban J connectivity index is 1.83. The van der Waals surface area contributed by atoms with Crippen LogP contribution in [0.1, 0.15) is 13.8 Å². The van der Waals surface area contributed by atoms with Crippen LogP contribution >= 0.6 is 0 Å². The highest BCUT2D eigenvalue weighted by molar-refractivity contribution is 5.70. The number of ether oxygens (including phenoxy) is 2. The molecule has 1 N–H and O–H groups in total. The molecule has 1 heterocycles. The molecule has 1 saturated heterocycles. The Kier molecular flexibility index (Phi) is 5.36. The van der Waals surface area contributed by atoms with Gasteiger partial charge in [0.05, 0.1) is 6.04 Å². The quantitative estimate of drug-likeness (QED) is 0.644. The fourth-order valence-corrected chi connectivity index (χ4v) is 2.08. The highest BCUT2D eigenvalue weighted by Crippen LogP contribution is 2.22. The average molecular weight is 330 g/mol. The molecule has 1 aliphatic rings. The van der Waals surface area contributed by atoms with Crippen molar-refractivity contribution in [3.05, 3.63) is 41.4 Å². The summed E-state index contributed by atoms with van der Waals surface area (Å²) >= 11 is 0. The van der Waals surface area contributed by atoms with Gasteiger partial charge < -0.3 is 14.8 Å². The number of halogens is 3. The van der Waals surface area contributed by atoms with E-state index in [1.807, 2.05) is 6.92 Å². The van der Waals surface area contributed by atoms with Crippen LogP contribution in [0.4, 0.5) is 18.0 Å².